The van der Waals surface area contributed by atoms with Gasteiger partial charge in [-0.2, -0.15) is 5.26 Å². The second-order valence-corrected chi connectivity index (χ2v) is 4.51. The Morgan fingerprint density at radius 1 is 1.25 bits per heavy atom. The minimum Gasteiger partial charge on any atom is -0.462 e. The first-order chi connectivity index (χ1) is 9.69. The lowest BCUT2D eigenvalue weighted by Gasteiger charge is -2.16. The zero-order valence-electron chi connectivity index (χ0n) is 12.9. The molecule has 0 N–H and O–H groups in total. The Morgan fingerprint density at radius 3 is 2.50 bits per heavy atom. The second-order valence-electron chi connectivity index (χ2n) is 4.51. The predicted octanol–water partition coefficient (Wildman–Crippen LogP) is 3.42. The average molecular weight is 278 g/mol. The van der Waals surface area contributed by atoms with E-state index in [0.717, 1.165) is 38.8 Å². The van der Waals surface area contributed by atoms with Gasteiger partial charge in [0.15, 0.2) is 0 Å². The van der Waals surface area contributed by atoms with Crippen LogP contribution in [0.1, 0.15) is 46.5 Å². The Labute approximate surface area is 122 Å². The number of nitrogens with zero attached hydrogens (tertiary/aromatic N) is 2. The van der Waals surface area contributed by atoms with E-state index in [1.54, 1.807) is 6.08 Å². The van der Waals surface area contributed by atoms with Gasteiger partial charge in [0, 0.05) is 13.1 Å². The molecule has 0 aromatic carbocycles. The molecule has 20 heavy (non-hydrogen) atoms. The van der Waals surface area contributed by atoms with Crippen LogP contribution in [0.5, 0.6) is 0 Å². The van der Waals surface area contributed by atoms with Gasteiger partial charge in [-0.25, -0.2) is 4.79 Å². The largest absolute Gasteiger partial charge is 0.462 e. The maximum atomic E-state index is 11.6. The summed E-state index contributed by atoms with van der Waals surface area (Å²) in [4.78, 5) is 13.8. The number of carbonyl (C=O) groups excluding carboxylic acids is 1. The molecule has 0 fully saturated rings. The van der Waals surface area contributed by atoms with Gasteiger partial charge in [0.25, 0.3) is 0 Å². The summed E-state index contributed by atoms with van der Waals surface area (Å²) in [5.74, 6) is -0.540. The van der Waals surface area contributed by atoms with Crippen molar-refractivity contribution in [3.8, 4) is 6.07 Å². The van der Waals surface area contributed by atoms with Crippen LogP contribution >= 0.6 is 0 Å². The fraction of sp³-hybridized carbons (Fsp3) is 0.625. The van der Waals surface area contributed by atoms with E-state index >= 15 is 0 Å². The first-order valence-corrected chi connectivity index (χ1v) is 7.39. The number of ether oxygens (including phenoxy) is 1. The molecule has 4 heteroatoms. The molecule has 0 atom stereocenters. The molecule has 0 aliphatic heterocycles. The molecule has 0 saturated heterocycles. The number of allylic oxidation sites excluding steroid dienone is 2. The molecule has 0 rings (SSSR count). The van der Waals surface area contributed by atoms with Crippen LogP contribution in [-0.4, -0.2) is 30.6 Å². The highest BCUT2D eigenvalue weighted by molar-refractivity contribution is 5.93. The van der Waals surface area contributed by atoms with Crippen LogP contribution in [0.2, 0.25) is 0 Å². The van der Waals surface area contributed by atoms with E-state index in [1.807, 2.05) is 19.2 Å². The number of esters is 1. The van der Waals surface area contributed by atoms with Crippen molar-refractivity contribution in [3.05, 3.63) is 23.9 Å². The normalized spacial score (nSPS) is 11.4. The highest BCUT2D eigenvalue weighted by atomic mass is 16.5. The summed E-state index contributed by atoms with van der Waals surface area (Å²) in [6.45, 7) is 8.52. The molecule has 0 amide bonds. The number of hydrogen-bond donors (Lipinski definition) is 0. The lowest BCUT2D eigenvalue weighted by atomic mass is 10.2. The summed E-state index contributed by atoms with van der Waals surface area (Å²) in [7, 11) is 0. The van der Waals surface area contributed by atoms with Crippen molar-refractivity contribution in [1.82, 2.24) is 4.90 Å². The summed E-state index contributed by atoms with van der Waals surface area (Å²) in [5.41, 5.74) is 0.0453. The lowest BCUT2D eigenvalue weighted by molar-refractivity contribution is -0.138. The van der Waals surface area contributed by atoms with E-state index in [2.05, 4.69) is 18.7 Å². The van der Waals surface area contributed by atoms with Crippen LogP contribution in [0.3, 0.4) is 0 Å². The Bertz CT molecular complexity index is 367. The van der Waals surface area contributed by atoms with E-state index in [1.165, 1.54) is 6.08 Å². The van der Waals surface area contributed by atoms with Crippen molar-refractivity contribution in [2.75, 3.05) is 19.7 Å². The fourth-order valence-corrected chi connectivity index (χ4v) is 1.50. The highest BCUT2D eigenvalue weighted by Crippen LogP contribution is 2.01. The molecular weight excluding hydrogens is 252 g/mol. The Balaban J connectivity index is 4.42. The van der Waals surface area contributed by atoms with Crippen molar-refractivity contribution in [2.45, 2.75) is 46.5 Å². The van der Waals surface area contributed by atoms with E-state index in [4.69, 9.17) is 10.00 Å². The van der Waals surface area contributed by atoms with Crippen molar-refractivity contribution in [3.63, 3.8) is 0 Å². The van der Waals surface area contributed by atoms with Gasteiger partial charge < -0.3 is 9.64 Å². The zero-order valence-corrected chi connectivity index (χ0v) is 12.9. The van der Waals surface area contributed by atoms with E-state index in [0.29, 0.717) is 6.61 Å². The number of hydrogen-bond acceptors (Lipinski definition) is 4. The maximum Gasteiger partial charge on any atom is 0.348 e. The molecule has 0 aliphatic rings. The molecule has 0 spiro atoms. The van der Waals surface area contributed by atoms with Gasteiger partial charge in [0.05, 0.1) is 6.61 Å². The molecule has 0 unspecified atom stereocenters. The summed E-state index contributed by atoms with van der Waals surface area (Å²) < 4.78 is 5.01. The van der Waals surface area contributed by atoms with Crippen LogP contribution in [0.25, 0.3) is 0 Å². The van der Waals surface area contributed by atoms with E-state index in [-0.39, 0.29) is 5.57 Å². The van der Waals surface area contributed by atoms with Gasteiger partial charge in [0.1, 0.15) is 11.6 Å². The highest BCUT2D eigenvalue weighted by Gasteiger charge is 2.08. The first-order valence-electron chi connectivity index (χ1n) is 7.39. The number of rotatable bonds is 10. The molecule has 0 heterocycles. The average Bonchev–Trinajstić information content (AvgIpc) is 2.46. The van der Waals surface area contributed by atoms with Crippen LogP contribution in [-0.2, 0) is 9.53 Å². The minimum absolute atomic E-state index is 0.0453. The SMILES string of the molecule is CCCCOC(=O)/C(C#N)=C/C=C/N(CC)CCCC. The monoisotopic (exact) mass is 278 g/mol. The van der Waals surface area contributed by atoms with Crippen molar-refractivity contribution in [1.29, 1.82) is 5.26 Å². The molecule has 0 aromatic heterocycles. The quantitative estimate of drug-likeness (QED) is 0.202. The third-order valence-corrected chi connectivity index (χ3v) is 2.84. The standard InChI is InChI=1S/C16H26N2O2/c1-4-7-11-18(6-3)12-9-10-15(14-17)16(19)20-13-8-5-2/h9-10,12H,4-8,11,13H2,1-3H3/b12-9+,15-10+. The number of unbranched alkanes of at least 4 members (excludes halogenated alkanes) is 2. The van der Waals surface area contributed by atoms with Gasteiger partial charge in [-0.05, 0) is 38.1 Å². The van der Waals surface area contributed by atoms with Gasteiger partial charge in [-0.3, -0.25) is 0 Å². The van der Waals surface area contributed by atoms with Gasteiger partial charge >= 0.3 is 5.97 Å². The minimum atomic E-state index is -0.540. The topological polar surface area (TPSA) is 53.3 Å². The van der Waals surface area contributed by atoms with Crippen LogP contribution in [0, 0.1) is 11.3 Å². The van der Waals surface area contributed by atoms with Gasteiger partial charge in [-0.1, -0.05) is 26.7 Å². The molecule has 0 aromatic rings. The van der Waals surface area contributed by atoms with Gasteiger partial charge in [0.2, 0.25) is 0 Å². The summed E-state index contributed by atoms with van der Waals surface area (Å²) in [6, 6.07) is 1.88. The Hall–Kier alpha value is -1.76. The third-order valence-electron chi connectivity index (χ3n) is 2.84. The van der Waals surface area contributed by atoms with Crippen LogP contribution < -0.4 is 0 Å². The number of nitriles is 1. The summed E-state index contributed by atoms with van der Waals surface area (Å²) in [6.07, 6.45) is 9.22. The fourth-order valence-electron chi connectivity index (χ4n) is 1.50. The maximum absolute atomic E-state index is 11.6. The lowest BCUT2D eigenvalue weighted by Crippen LogP contribution is -2.17. The van der Waals surface area contributed by atoms with Crippen molar-refractivity contribution in [2.24, 2.45) is 0 Å². The Kier molecular flexibility index (Phi) is 11.2. The summed E-state index contributed by atoms with van der Waals surface area (Å²) in [5, 5.41) is 8.95. The van der Waals surface area contributed by atoms with Crippen molar-refractivity contribution >= 4 is 5.97 Å². The summed E-state index contributed by atoms with van der Waals surface area (Å²) >= 11 is 0. The van der Waals surface area contributed by atoms with Crippen molar-refractivity contribution < 1.29 is 9.53 Å². The molecule has 4 nitrogen and oxygen atoms in total. The molecule has 0 aliphatic carbocycles. The molecule has 0 bridgehead atoms. The Morgan fingerprint density at radius 2 is 1.95 bits per heavy atom. The van der Waals surface area contributed by atoms with E-state index < -0.39 is 5.97 Å². The molecule has 0 saturated carbocycles. The first kappa shape index (κ1) is 18.2. The van der Waals surface area contributed by atoms with E-state index in [9.17, 15) is 4.79 Å². The molecule has 112 valence electrons. The van der Waals surface area contributed by atoms with Crippen LogP contribution in [0.4, 0.5) is 0 Å². The predicted molar refractivity (Wildman–Crippen MR) is 80.9 cm³/mol. The third kappa shape index (κ3) is 8.36. The van der Waals surface area contributed by atoms with Gasteiger partial charge in [-0.15, -0.1) is 0 Å². The smallest absolute Gasteiger partial charge is 0.348 e. The molecule has 0 radical (unpaired) electrons. The second kappa shape index (κ2) is 12.3. The number of carbonyl (C=O) groups is 1. The molecular formula is C16H26N2O2. The zero-order chi connectivity index (χ0) is 15.2. The van der Waals surface area contributed by atoms with Crippen LogP contribution in [0.15, 0.2) is 23.9 Å².